The zero-order valence-corrected chi connectivity index (χ0v) is 14.3. The molecule has 100 valence electrons. The predicted octanol–water partition coefficient (Wildman–Crippen LogP) is 5.22. The van der Waals surface area contributed by atoms with Gasteiger partial charge in [0.1, 0.15) is 6.10 Å². The quantitative estimate of drug-likeness (QED) is 0.753. The van der Waals surface area contributed by atoms with Gasteiger partial charge in [0.2, 0.25) is 0 Å². The highest BCUT2D eigenvalue weighted by molar-refractivity contribution is 9.10. The van der Waals surface area contributed by atoms with Crippen LogP contribution in [0.1, 0.15) is 33.9 Å². The van der Waals surface area contributed by atoms with Gasteiger partial charge in [0.15, 0.2) is 0 Å². The van der Waals surface area contributed by atoms with Crippen LogP contribution in [0.4, 0.5) is 0 Å². The number of aryl methyl sites for hydroxylation is 3. The Kier molecular flexibility index (Phi) is 4.49. The fraction of sp³-hybridized carbons (Fsp3) is 0.250. The highest BCUT2D eigenvalue weighted by Gasteiger charge is 2.15. The molecule has 1 N–H and O–H groups in total. The maximum absolute atomic E-state index is 10.6. The van der Waals surface area contributed by atoms with E-state index in [-0.39, 0.29) is 0 Å². The Labute approximate surface area is 130 Å². The molecule has 0 aliphatic rings. The largest absolute Gasteiger partial charge is 0.384 e. The standard InChI is InChI=1S/C16H16Br2O/c1-9-8-15(18)11(3)7-13(9)16(19)12-4-5-14(17)10(2)6-12/h4-8,16,19H,1-3H3. The number of rotatable bonds is 2. The molecule has 2 rings (SSSR count). The first-order chi connectivity index (χ1) is 8.90. The lowest BCUT2D eigenvalue weighted by Gasteiger charge is -2.17. The van der Waals surface area contributed by atoms with Crippen molar-refractivity contribution in [2.24, 2.45) is 0 Å². The van der Waals surface area contributed by atoms with E-state index in [1.54, 1.807) is 0 Å². The first-order valence-corrected chi connectivity index (χ1v) is 7.69. The normalized spacial score (nSPS) is 12.5. The van der Waals surface area contributed by atoms with Crippen molar-refractivity contribution >= 4 is 31.9 Å². The summed E-state index contributed by atoms with van der Waals surface area (Å²) in [4.78, 5) is 0. The maximum atomic E-state index is 10.6. The molecule has 0 amide bonds. The summed E-state index contributed by atoms with van der Waals surface area (Å²) in [5, 5.41) is 10.6. The molecule has 2 aromatic carbocycles. The highest BCUT2D eigenvalue weighted by Crippen LogP contribution is 2.30. The molecule has 1 nitrogen and oxygen atoms in total. The van der Waals surface area contributed by atoms with Gasteiger partial charge in [-0.05, 0) is 60.7 Å². The van der Waals surface area contributed by atoms with Crippen molar-refractivity contribution in [3.8, 4) is 0 Å². The van der Waals surface area contributed by atoms with E-state index < -0.39 is 6.10 Å². The minimum atomic E-state index is -0.585. The molecule has 2 aromatic rings. The monoisotopic (exact) mass is 382 g/mol. The molecule has 0 saturated heterocycles. The molecule has 0 radical (unpaired) electrons. The van der Waals surface area contributed by atoms with E-state index >= 15 is 0 Å². The van der Waals surface area contributed by atoms with Gasteiger partial charge in [0.25, 0.3) is 0 Å². The lowest BCUT2D eigenvalue weighted by molar-refractivity contribution is 0.219. The maximum Gasteiger partial charge on any atom is 0.104 e. The summed E-state index contributed by atoms with van der Waals surface area (Å²) in [5.41, 5.74) is 5.23. The number of benzene rings is 2. The third kappa shape index (κ3) is 3.10. The van der Waals surface area contributed by atoms with Gasteiger partial charge in [-0.15, -0.1) is 0 Å². The topological polar surface area (TPSA) is 20.2 Å². The van der Waals surface area contributed by atoms with E-state index in [0.717, 1.165) is 36.8 Å². The molecule has 19 heavy (non-hydrogen) atoms. The Bertz CT molecular complexity index is 620. The summed E-state index contributed by atoms with van der Waals surface area (Å²) in [5.74, 6) is 0. The van der Waals surface area contributed by atoms with Crippen molar-refractivity contribution in [3.63, 3.8) is 0 Å². The van der Waals surface area contributed by atoms with E-state index in [0.29, 0.717) is 0 Å². The second-order valence-corrected chi connectivity index (χ2v) is 6.58. The highest BCUT2D eigenvalue weighted by atomic mass is 79.9. The zero-order chi connectivity index (χ0) is 14.2. The number of hydrogen-bond donors (Lipinski definition) is 1. The van der Waals surface area contributed by atoms with E-state index in [9.17, 15) is 5.11 Å². The molecule has 0 heterocycles. The average molecular weight is 384 g/mol. The molecule has 0 fully saturated rings. The molecular formula is C16H16Br2O. The molecule has 1 atom stereocenters. The first-order valence-electron chi connectivity index (χ1n) is 6.11. The van der Waals surface area contributed by atoms with Gasteiger partial charge in [-0.1, -0.05) is 50.1 Å². The number of hydrogen-bond acceptors (Lipinski definition) is 1. The second kappa shape index (κ2) is 5.78. The second-order valence-electron chi connectivity index (χ2n) is 4.87. The fourth-order valence-electron chi connectivity index (χ4n) is 2.12. The lowest BCUT2D eigenvalue weighted by Crippen LogP contribution is -2.03. The number of halogens is 2. The van der Waals surface area contributed by atoms with Crippen LogP contribution in [0.5, 0.6) is 0 Å². The SMILES string of the molecule is Cc1cc(C(O)c2cc(C)c(Br)cc2C)ccc1Br. The molecule has 1 unspecified atom stereocenters. The molecule has 0 aliphatic carbocycles. The summed E-state index contributed by atoms with van der Waals surface area (Å²) in [6.45, 7) is 6.08. The third-order valence-corrected chi connectivity index (χ3v) is 5.08. The number of aliphatic hydroxyl groups is 1. The molecule has 3 heteroatoms. The summed E-state index contributed by atoms with van der Waals surface area (Å²) in [6, 6.07) is 10.1. The van der Waals surface area contributed by atoms with Crippen molar-refractivity contribution in [1.82, 2.24) is 0 Å². The van der Waals surface area contributed by atoms with Crippen LogP contribution in [0.3, 0.4) is 0 Å². The Hall–Kier alpha value is -0.640. The molecule has 0 aliphatic heterocycles. The van der Waals surface area contributed by atoms with E-state index in [4.69, 9.17) is 0 Å². The Morgan fingerprint density at radius 2 is 1.47 bits per heavy atom. The van der Waals surface area contributed by atoms with Gasteiger partial charge in [-0.2, -0.15) is 0 Å². The molecule has 0 bridgehead atoms. The van der Waals surface area contributed by atoms with E-state index in [1.807, 2.05) is 45.0 Å². The van der Waals surface area contributed by atoms with Crippen LogP contribution in [-0.2, 0) is 0 Å². The molecule has 0 aromatic heterocycles. The van der Waals surface area contributed by atoms with Crippen molar-refractivity contribution in [2.75, 3.05) is 0 Å². The van der Waals surface area contributed by atoms with Crippen LogP contribution in [0.25, 0.3) is 0 Å². The van der Waals surface area contributed by atoms with Crippen molar-refractivity contribution in [2.45, 2.75) is 26.9 Å². The summed E-state index contributed by atoms with van der Waals surface area (Å²) in [6.07, 6.45) is -0.585. The fourth-order valence-corrected chi connectivity index (χ4v) is 2.82. The number of aliphatic hydroxyl groups excluding tert-OH is 1. The first kappa shape index (κ1) is 14.8. The van der Waals surface area contributed by atoms with Crippen molar-refractivity contribution < 1.29 is 5.11 Å². The van der Waals surface area contributed by atoms with Crippen LogP contribution in [-0.4, -0.2) is 5.11 Å². The van der Waals surface area contributed by atoms with Crippen LogP contribution < -0.4 is 0 Å². The van der Waals surface area contributed by atoms with E-state index in [2.05, 4.69) is 37.9 Å². The average Bonchev–Trinajstić information content (AvgIpc) is 2.36. The van der Waals surface area contributed by atoms with Crippen LogP contribution in [0, 0.1) is 20.8 Å². The van der Waals surface area contributed by atoms with Gasteiger partial charge >= 0.3 is 0 Å². The Balaban J connectivity index is 2.46. The van der Waals surface area contributed by atoms with Crippen LogP contribution in [0.15, 0.2) is 39.3 Å². The molecular weight excluding hydrogens is 368 g/mol. The minimum Gasteiger partial charge on any atom is -0.384 e. The van der Waals surface area contributed by atoms with Crippen LogP contribution >= 0.6 is 31.9 Å². The predicted molar refractivity (Wildman–Crippen MR) is 86.6 cm³/mol. The minimum absolute atomic E-state index is 0.585. The summed E-state index contributed by atoms with van der Waals surface area (Å²) in [7, 11) is 0. The van der Waals surface area contributed by atoms with Crippen molar-refractivity contribution in [1.29, 1.82) is 0 Å². The summed E-state index contributed by atoms with van der Waals surface area (Å²) < 4.78 is 2.14. The Morgan fingerprint density at radius 1 is 0.842 bits per heavy atom. The van der Waals surface area contributed by atoms with Gasteiger partial charge in [-0.3, -0.25) is 0 Å². The van der Waals surface area contributed by atoms with Gasteiger partial charge < -0.3 is 5.11 Å². The van der Waals surface area contributed by atoms with Gasteiger partial charge in [0, 0.05) is 8.95 Å². The third-order valence-electron chi connectivity index (χ3n) is 3.34. The van der Waals surface area contributed by atoms with Crippen molar-refractivity contribution in [3.05, 3.63) is 67.1 Å². The molecule has 0 saturated carbocycles. The van der Waals surface area contributed by atoms with Gasteiger partial charge in [0.05, 0.1) is 0 Å². The van der Waals surface area contributed by atoms with E-state index in [1.165, 1.54) is 0 Å². The Morgan fingerprint density at radius 3 is 2.11 bits per heavy atom. The van der Waals surface area contributed by atoms with Crippen LogP contribution in [0.2, 0.25) is 0 Å². The van der Waals surface area contributed by atoms with Gasteiger partial charge in [-0.25, -0.2) is 0 Å². The molecule has 0 spiro atoms. The summed E-state index contributed by atoms with van der Waals surface area (Å²) >= 11 is 7.00. The smallest absolute Gasteiger partial charge is 0.104 e. The zero-order valence-electron chi connectivity index (χ0n) is 11.2. The lowest BCUT2D eigenvalue weighted by atomic mass is 9.95.